The summed E-state index contributed by atoms with van der Waals surface area (Å²) in [5, 5.41) is 6.72. The Bertz CT molecular complexity index is 1520. The number of amides is 2. The lowest BCUT2D eigenvalue weighted by Gasteiger charge is -2.14. The van der Waals surface area contributed by atoms with E-state index in [1.807, 2.05) is 0 Å². The molecule has 0 aliphatic heterocycles. The molecule has 0 spiro atoms. The molecule has 0 fully saturated rings. The van der Waals surface area contributed by atoms with E-state index < -0.39 is 17.8 Å². The molecule has 0 atom stereocenters. The Morgan fingerprint density at radius 3 is 2.20 bits per heavy atom. The van der Waals surface area contributed by atoms with Crippen LogP contribution in [0.3, 0.4) is 0 Å². The van der Waals surface area contributed by atoms with Crippen molar-refractivity contribution in [3.05, 3.63) is 102 Å². The monoisotopic (exact) mass is 543 g/mol. The van der Waals surface area contributed by atoms with Gasteiger partial charge in [0.2, 0.25) is 11.5 Å². The Hall–Kier alpha value is -5.58. The highest BCUT2D eigenvalue weighted by atomic mass is 16.5. The number of furan rings is 1. The molecular weight excluding hydrogens is 518 g/mol. The van der Waals surface area contributed by atoms with Crippen LogP contribution in [0.5, 0.6) is 23.0 Å². The lowest BCUT2D eigenvalue weighted by molar-refractivity contribution is 0.0700. The van der Waals surface area contributed by atoms with Gasteiger partial charge < -0.3 is 28.7 Å². The zero-order valence-electron chi connectivity index (χ0n) is 21.8. The Morgan fingerprint density at radius 1 is 0.775 bits per heavy atom. The molecule has 1 heterocycles. The largest absolute Gasteiger partial charge is 0.493 e. The molecule has 0 radical (unpaired) electrons. The van der Waals surface area contributed by atoms with Crippen molar-refractivity contribution in [2.75, 3.05) is 26.6 Å². The number of rotatable bonds is 10. The SMILES string of the molecule is COc1cc(C(=O)Nc2cccc(C(=O)NN=Cc3ccccc3OC(=O)c3ccco3)c2)cc(OC)c1OC. The summed E-state index contributed by atoms with van der Waals surface area (Å²) in [5.74, 6) is -0.332. The van der Waals surface area contributed by atoms with Gasteiger partial charge in [-0.05, 0) is 54.6 Å². The Balaban J connectivity index is 1.42. The third-order valence-corrected chi connectivity index (χ3v) is 5.52. The second kappa shape index (κ2) is 12.8. The lowest BCUT2D eigenvalue weighted by Crippen LogP contribution is -2.18. The second-order valence-corrected chi connectivity index (χ2v) is 8.05. The van der Waals surface area contributed by atoms with Gasteiger partial charge in [-0.3, -0.25) is 9.59 Å². The van der Waals surface area contributed by atoms with E-state index in [0.29, 0.717) is 28.5 Å². The number of methoxy groups -OCH3 is 3. The number of benzene rings is 3. The molecule has 0 saturated carbocycles. The fraction of sp³-hybridized carbons (Fsp3) is 0.103. The minimum atomic E-state index is -0.666. The molecule has 2 amide bonds. The maximum absolute atomic E-state index is 12.9. The predicted octanol–water partition coefficient (Wildman–Crippen LogP) is 4.54. The van der Waals surface area contributed by atoms with Gasteiger partial charge in [0.1, 0.15) is 5.75 Å². The fourth-order valence-electron chi connectivity index (χ4n) is 3.60. The number of nitrogens with one attached hydrogen (secondary N) is 2. The zero-order chi connectivity index (χ0) is 28.5. The van der Waals surface area contributed by atoms with Crippen LogP contribution in [0.25, 0.3) is 0 Å². The quantitative estimate of drug-likeness (QED) is 0.129. The minimum Gasteiger partial charge on any atom is -0.493 e. The molecule has 2 N–H and O–H groups in total. The van der Waals surface area contributed by atoms with Crippen LogP contribution in [-0.2, 0) is 0 Å². The summed E-state index contributed by atoms with van der Waals surface area (Å²) < 4.78 is 26.3. The molecule has 0 saturated heterocycles. The van der Waals surface area contributed by atoms with Crippen molar-refractivity contribution in [1.29, 1.82) is 0 Å². The van der Waals surface area contributed by atoms with Gasteiger partial charge in [-0.2, -0.15) is 5.10 Å². The number of para-hydroxylation sites is 1. The summed E-state index contributed by atoms with van der Waals surface area (Å²) in [6.07, 6.45) is 2.71. The highest BCUT2D eigenvalue weighted by Crippen LogP contribution is 2.38. The molecule has 11 heteroatoms. The first-order valence-electron chi connectivity index (χ1n) is 11.8. The normalized spacial score (nSPS) is 10.6. The van der Waals surface area contributed by atoms with Crippen LogP contribution >= 0.6 is 0 Å². The first-order valence-corrected chi connectivity index (χ1v) is 11.8. The standard InChI is InChI=1S/C29H25N3O8/c1-36-24-15-20(16-25(37-2)26(24)38-3)27(33)31-21-10-6-9-18(14-21)28(34)32-30-17-19-8-4-5-11-22(19)40-29(35)23-12-7-13-39-23/h4-17H,1-3H3,(H,31,33)(H,32,34). The molecule has 4 aromatic rings. The van der Waals surface area contributed by atoms with Crippen molar-refractivity contribution in [2.45, 2.75) is 0 Å². The highest BCUT2D eigenvalue weighted by Gasteiger charge is 2.18. The Labute approximate surface area is 229 Å². The maximum atomic E-state index is 12.9. The number of anilines is 1. The van der Waals surface area contributed by atoms with E-state index in [2.05, 4.69) is 15.8 Å². The smallest absolute Gasteiger partial charge is 0.379 e. The molecule has 3 aromatic carbocycles. The van der Waals surface area contributed by atoms with Crippen molar-refractivity contribution in [3.63, 3.8) is 0 Å². The van der Waals surface area contributed by atoms with Crippen LogP contribution in [0.15, 0.2) is 88.6 Å². The number of hydrogen-bond acceptors (Lipinski definition) is 9. The van der Waals surface area contributed by atoms with Crippen LogP contribution < -0.4 is 29.7 Å². The predicted molar refractivity (Wildman–Crippen MR) is 146 cm³/mol. The van der Waals surface area contributed by atoms with Crippen LogP contribution in [-0.4, -0.2) is 45.3 Å². The molecular formula is C29H25N3O8. The molecule has 0 unspecified atom stereocenters. The van der Waals surface area contributed by atoms with E-state index in [1.165, 1.54) is 58.1 Å². The van der Waals surface area contributed by atoms with Crippen molar-refractivity contribution >= 4 is 29.7 Å². The third kappa shape index (κ3) is 6.45. The number of esters is 1. The van der Waals surface area contributed by atoms with Gasteiger partial charge in [0.25, 0.3) is 11.8 Å². The van der Waals surface area contributed by atoms with E-state index >= 15 is 0 Å². The van der Waals surface area contributed by atoms with Gasteiger partial charge in [-0.15, -0.1) is 0 Å². The number of carbonyl (C=O) groups is 3. The van der Waals surface area contributed by atoms with Crippen molar-refractivity contribution in [2.24, 2.45) is 5.10 Å². The number of nitrogens with zero attached hydrogens (tertiary/aromatic N) is 1. The van der Waals surface area contributed by atoms with E-state index in [4.69, 9.17) is 23.4 Å². The van der Waals surface area contributed by atoms with Gasteiger partial charge in [-0.25, -0.2) is 10.2 Å². The minimum absolute atomic E-state index is 0.0530. The summed E-state index contributed by atoms with van der Waals surface area (Å²) >= 11 is 0. The van der Waals surface area contributed by atoms with E-state index in [9.17, 15) is 14.4 Å². The summed E-state index contributed by atoms with van der Waals surface area (Å²) in [6, 6.07) is 19.1. The van der Waals surface area contributed by atoms with Gasteiger partial charge in [-0.1, -0.05) is 18.2 Å². The van der Waals surface area contributed by atoms with Crippen LogP contribution in [0, 0.1) is 0 Å². The second-order valence-electron chi connectivity index (χ2n) is 8.05. The first-order chi connectivity index (χ1) is 19.4. The molecule has 4 rings (SSSR count). The Morgan fingerprint density at radius 2 is 1.52 bits per heavy atom. The van der Waals surface area contributed by atoms with E-state index in [1.54, 1.807) is 48.5 Å². The number of hydrazone groups is 1. The van der Waals surface area contributed by atoms with Gasteiger partial charge in [0, 0.05) is 22.4 Å². The molecule has 11 nitrogen and oxygen atoms in total. The highest BCUT2D eigenvalue weighted by molar-refractivity contribution is 6.06. The van der Waals surface area contributed by atoms with Crippen molar-refractivity contribution in [3.8, 4) is 23.0 Å². The average Bonchev–Trinajstić information content (AvgIpc) is 3.52. The van der Waals surface area contributed by atoms with Crippen LogP contribution in [0.1, 0.15) is 36.8 Å². The van der Waals surface area contributed by atoms with Crippen molar-refractivity contribution in [1.82, 2.24) is 5.43 Å². The van der Waals surface area contributed by atoms with Crippen LogP contribution in [0.2, 0.25) is 0 Å². The number of ether oxygens (including phenoxy) is 4. The summed E-state index contributed by atoms with van der Waals surface area (Å²) in [6.45, 7) is 0. The Kier molecular flexibility index (Phi) is 8.77. The summed E-state index contributed by atoms with van der Waals surface area (Å²) in [7, 11) is 4.38. The molecule has 0 aliphatic rings. The first kappa shape index (κ1) is 27.5. The van der Waals surface area contributed by atoms with E-state index in [-0.39, 0.29) is 22.6 Å². The molecule has 1 aromatic heterocycles. The summed E-state index contributed by atoms with van der Waals surface area (Å²) in [5.41, 5.74) is 3.77. The van der Waals surface area contributed by atoms with E-state index in [0.717, 1.165) is 0 Å². The van der Waals surface area contributed by atoms with Gasteiger partial charge in [0.15, 0.2) is 11.5 Å². The van der Waals surface area contributed by atoms with Gasteiger partial charge >= 0.3 is 5.97 Å². The summed E-state index contributed by atoms with van der Waals surface area (Å²) in [4.78, 5) is 37.8. The molecule has 0 aliphatic carbocycles. The van der Waals surface area contributed by atoms with Crippen LogP contribution in [0.4, 0.5) is 5.69 Å². The topological polar surface area (TPSA) is 138 Å². The average molecular weight is 544 g/mol. The third-order valence-electron chi connectivity index (χ3n) is 5.52. The molecule has 204 valence electrons. The molecule has 40 heavy (non-hydrogen) atoms. The number of hydrogen-bond donors (Lipinski definition) is 2. The molecule has 0 bridgehead atoms. The maximum Gasteiger partial charge on any atom is 0.379 e. The van der Waals surface area contributed by atoms with Crippen molar-refractivity contribution < 1.29 is 37.7 Å². The lowest BCUT2D eigenvalue weighted by atomic mass is 10.1. The number of carbonyl (C=O) groups excluding carboxylic acids is 3. The van der Waals surface area contributed by atoms with Gasteiger partial charge in [0.05, 0.1) is 33.8 Å². The zero-order valence-corrected chi connectivity index (χ0v) is 21.8. The fourth-order valence-corrected chi connectivity index (χ4v) is 3.60.